The number of carbonyl (C=O) groups excluding carboxylic acids is 1. The van der Waals surface area contributed by atoms with Crippen molar-refractivity contribution in [3.05, 3.63) is 41.8 Å². The van der Waals surface area contributed by atoms with Crippen LogP contribution in [0.4, 0.5) is 0 Å². The minimum atomic E-state index is 0.113. The number of amides is 1. The molecule has 1 aromatic heterocycles. The van der Waals surface area contributed by atoms with Gasteiger partial charge in [-0.2, -0.15) is 0 Å². The van der Waals surface area contributed by atoms with Crippen molar-refractivity contribution in [2.45, 2.75) is 39.7 Å². The van der Waals surface area contributed by atoms with E-state index in [1.165, 1.54) is 0 Å². The molecule has 28 heavy (non-hydrogen) atoms. The molecule has 0 atom stereocenters. The van der Waals surface area contributed by atoms with E-state index in [1.807, 2.05) is 44.2 Å². The Morgan fingerprint density at radius 1 is 1.29 bits per heavy atom. The Bertz CT molecular complexity index is 737. The van der Waals surface area contributed by atoms with Crippen LogP contribution in [0, 0.1) is 12.8 Å². The van der Waals surface area contributed by atoms with Crippen LogP contribution < -0.4 is 5.32 Å². The van der Waals surface area contributed by atoms with Crippen molar-refractivity contribution in [3.8, 4) is 11.5 Å². The minimum Gasteiger partial charge on any atom is -0.441 e. The Kier molecular flexibility index (Phi) is 7.62. The first kappa shape index (κ1) is 20.6. The lowest BCUT2D eigenvalue weighted by Gasteiger charge is -2.30. The number of aromatic nitrogens is 1. The average Bonchev–Trinajstić information content (AvgIpc) is 3.09. The second-order valence-electron chi connectivity index (χ2n) is 7.28. The van der Waals surface area contributed by atoms with Gasteiger partial charge in [-0.3, -0.25) is 9.69 Å². The summed E-state index contributed by atoms with van der Waals surface area (Å²) in [5.41, 5.74) is 1.98. The van der Waals surface area contributed by atoms with Gasteiger partial charge in [-0.05, 0) is 58.3 Å². The largest absolute Gasteiger partial charge is 0.441 e. The van der Waals surface area contributed by atoms with Crippen LogP contribution in [0.5, 0.6) is 0 Å². The van der Waals surface area contributed by atoms with Crippen molar-refractivity contribution in [1.82, 2.24) is 15.2 Å². The number of likely N-dealkylation sites (tertiary alicyclic amines) is 1. The lowest BCUT2D eigenvalue weighted by atomic mass is 9.95. The van der Waals surface area contributed by atoms with Gasteiger partial charge in [-0.15, -0.1) is 0 Å². The molecule has 1 saturated heterocycles. The van der Waals surface area contributed by atoms with Crippen LogP contribution in [0.1, 0.15) is 37.6 Å². The average molecular weight is 386 g/mol. The molecule has 1 aliphatic heterocycles. The summed E-state index contributed by atoms with van der Waals surface area (Å²) in [5.74, 6) is 1.84. The second kappa shape index (κ2) is 10.4. The van der Waals surface area contributed by atoms with Crippen molar-refractivity contribution >= 4 is 5.91 Å². The third-order valence-electron chi connectivity index (χ3n) is 5.21. The van der Waals surface area contributed by atoms with Crippen molar-refractivity contribution in [1.29, 1.82) is 0 Å². The molecular weight excluding hydrogens is 354 g/mol. The number of benzene rings is 1. The Morgan fingerprint density at radius 3 is 2.75 bits per heavy atom. The summed E-state index contributed by atoms with van der Waals surface area (Å²) in [5, 5.41) is 3.04. The number of hydrogen-bond acceptors (Lipinski definition) is 5. The highest BCUT2D eigenvalue weighted by Crippen LogP contribution is 2.24. The minimum absolute atomic E-state index is 0.113. The lowest BCUT2D eigenvalue weighted by molar-refractivity contribution is -0.126. The number of nitrogens with zero attached hydrogens (tertiary/aromatic N) is 2. The molecule has 2 heterocycles. The van der Waals surface area contributed by atoms with E-state index in [2.05, 4.69) is 10.2 Å². The van der Waals surface area contributed by atoms with Crippen LogP contribution in [0.25, 0.3) is 11.5 Å². The molecule has 1 aliphatic rings. The van der Waals surface area contributed by atoms with Gasteiger partial charge in [0.1, 0.15) is 5.76 Å². The molecule has 1 fully saturated rings. The van der Waals surface area contributed by atoms with Gasteiger partial charge in [0.2, 0.25) is 11.8 Å². The zero-order valence-corrected chi connectivity index (χ0v) is 16.9. The van der Waals surface area contributed by atoms with Crippen LogP contribution >= 0.6 is 0 Å². The smallest absolute Gasteiger partial charge is 0.226 e. The first-order chi connectivity index (χ1) is 13.7. The molecule has 0 radical (unpaired) electrons. The molecule has 1 N–H and O–H groups in total. The van der Waals surface area contributed by atoms with Crippen LogP contribution in [-0.4, -0.2) is 48.6 Å². The fourth-order valence-electron chi connectivity index (χ4n) is 3.52. The standard InChI is InChI=1S/C22H31N3O3/c1-3-27-15-7-12-23-21(26)18-10-13-25(14-11-18)16-20-17(2)28-22(24-20)19-8-5-4-6-9-19/h4-6,8-9,18H,3,7,10-16H2,1-2H3,(H,23,26). The Hall–Kier alpha value is -2.18. The zero-order chi connectivity index (χ0) is 19.8. The van der Waals surface area contributed by atoms with E-state index >= 15 is 0 Å². The Balaban J connectivity index is 1.44. The van der Waals surface area contributed by atoms with Gasteiger partial charge in [-0.1, -0.05) is 18.2 Å². The monoisotopic (exact) mass is 385 g/mol. The first-order valence-corrected chi connectivity index (χ1v) is 10.3. The van der Waals surface area contributed by atoms with E-state index in [-0.39, 0.29) is 11.8 Å². The van der Waals surface area contributed by atoms with Gasteiger partial charge in [0.05, 0.1) is 5.69 Å². The fraction of sp³-hybridized carbons (Fsp3) is 0.545. The molecule has 0 aliphatic carbocycles. The highest BCUT2D eigenvalue weighted by atomic mass is 16.5. The summed E-state index contributed by atoms with van der Waals surface area (Å²) in [6.07, 6.45) is 2.65. The van der Waals surface area contributed by atoms with Crippen LogP contribution in [-0.2, 0) is 16.1 Å². The predicted octanol–water partition coefficient (Wildman–Crippen LogP) is 3.40. The van der Waals surface area contributed by atoms with E-state index in [0.29, 0.717) is 19.0 Å². The number of oxazole rings is 1. The summed E-state index contributed by atoms with van der Waals surface area (Å²) >= 11 is 0. The zero-order valence-electron chi connectivity index (χ0n) is 16.9. The normalized spacial score (nSPS) is 15.6. The third kappa shape index (κ3) is 5.66. The van der Waals surface area contributed by atoms with E-state index in [4.69, 9.17) is 14.1 Å². The first-order valence-electron chi connectivity index (χ1n) is 10.3. The van der Waals surface area contributed by atoms with Gasteiger partial charge in [-0.25, -0.2) is 4.98 Å². The molecular formula is C22H31N3O3. The number of carbonyl (C=O) groups is 1. The van der Waals surface area contributed by atoms with Gasteiger partial charge in [0.15, 0.2) is 0 Å². The number of ether oxygens (including phenoxy) is 1. The molecule has 2 aromatic rings. The van der Waals surface area contributed by atoms with Gasteiger partial charge >= 0.3 is 0 Å². The summed E-state index contributed by atoms with van der Waals surface area (Å²) in [6.45, 7) is 8.66. The van der Waals surface area contributed by atoms with Crippen molar-refractivity contribution < 1.29 is 13.9 Å². The maximum atomic E-state index is 12.3. The van der Waals surface area contributed by atoms with Gasteiger partial charge in [0, 0.05) is 37.8 Å². The molecule has 0 unspecified atom stereocenters. The highest BCUT2D eigenvalue weighted by molar-refractivity contribution is 5.78. The van der Waals surface area contributed by atoms with Crippen LogP contribution in [0.3, 0.4) is 0 Å². The van der Waals surface area contributed by atoms with Crippen molar-refractivity contribution in [3.63, 3.8) is 0 Å². The molecule has 1 amide bonds. The van der Waals surface area contributed by atoms with E-state index in [9.17, 15) is 4.79 Å². The maximum absolute atomic E-state index is 12.3. The summed E-state index contributed by atoms with van der Waals surface area (Å²) in [7, 11) is 0. The molecule has 3 rings (SSSR count). The fourth-order valence-corrected chi connectivity index (χ4v) is 3.52. The van der Waals surface area contributed by atoms with Crippen LogP contribution in [0.2, 0.25) is 0 Å². The topological polar surface area (TPSA) is 67.6 Å². The van der Waals surface area contributed by atoms with Gasteiger partial charge in [0.25, 0.3) is 0 Å². The number of aryl methyl sites for hydroxylation is 1. The molecule has 1 aromatic carbocycles. The SMILES string of the molecule is CCOCCCNC(=O)C1CCN(Cc2nc(-c3ccccc3)oc2C)CC1. The number of nitrogens with one attached hydrogen (secondary N) is 1. The third-order valence-corrected chi connectivity index (χ3v) is 5.21. The van der Waals surface area contributed by atoms with E-state index < -0.39 is 0 Å². The molecule has 0 bridgehead atoms. The second-order valence-corrected chi connectivity index (χ2v) is 7.28. The molecule has 0 saturated carbocycles. The van der Waals surface area contributed by atoms with Gasteiger partial charge < -0.3 is 14.5 Å². The quantitative estimate of drug-likeness (QED) is 0.670. The number of rotatable bonds is 9. The van der Waals surface area contributed by atoms with E-state index in [1.54, 1.807) is 0 Å². The summed E-state index contributed by atoms with van der Waals surface area (Å²) in [6, 6.07) is 9.98. The van der Waals surface area contributed by atoms with E-state index in [0.717, 1.165) is 62.5 Å². The highest BCUT2D eigenvalue weighted by Gasteiger charge is 2.25. The molecule has 152 valence electrons. The van der Waals surface area contributed by atoms with Crippen molar-refractivity contribution in [2.24, 2.45) is 5.92 Å². The number of piperidine rings is 1. The lowest BCUT2D eigenvalue weighted by Crippen LogP contribution is -2.40. The predicted molar refractivity (Wildman–Crippen MR) is 109 cm³/mol. The Labute approximate surface area is 167 Å². The summed E-state index contributed by atoms with van der Waals surface area (Å²) < 4.78 is 11.2. The number of hydrogen-bond donors (Lipinski definition) is 1. The van der Waals surface area contributed by atoms with Crippen LogP contribution in [0.15, 0.2) is 34.7 Å². The molecule has 6 nitrogen and oxygen atoms in total. The maximum Gasteiger partial charge on any atom is 0.226 e. The Morgan fingerprint density at radius 2 is 2.04 bits per heavy atom. The van der Waals surface area contributed by atoms with Crippen molar-refractivity contribution in [2.75, 3.05) is 32.8 Å². The molecule has 6 heteroatoms. The molecule has 0 spiro atoms. The summed E-state index contributed by atoms with van der Waals surface area (Å²) in [4.78, 5) is 19.4.